The van der Waals surface area contributed by atoms with Crippen molar-refractivity contribution in [2.75, 3.05) is 4.90 Å². The maximum Gasteiger partial charge on any atom is 0.300 e. The highest BCUT2D eigenvalue weighted by Gasteiger charge is 2.47. The van der Waals surface area contributed by atoms with Crippen molar-refractivity contribution in [3.8, 4) is 0 Å². The first-order valence-corrected chi connectivity index (χ1v) is 10.8. The first-order valence-electron chi connectivity index (χ1n) is 9.94. The van der Waals surface area contributed by atoms with Gasteiger partial charge in [0.15, 0.2) is 0 Å². The molecule has 3 aromatic rings. The molecule has 0 saturated carbocycles. The Labute approximate surface area is 180 Å². The van der Waals surface area contributed by atoms with Crippen LogP contribution >= 0.6 is 11.3 Å². The summed E-state index contributed by atoms with van der Waals surface area (Å²) >= 11 is 1.46. The minimum absolute atomic E-state index is 0.132. The van der Waals surface area contributed by atoms with Gasteiger partial charge in [0.05, 0.1) is 5.57 Å². The van der Waals surface area contributed by atoms with Crippen LogP contribution in [0, 0.1) is 13.8 Å². The molecular weight excluding hydrogens is 394 g/mol. The van der Waals surface area contributed by atoms with Crippen LogP contribution in [0.15, 0.2) is 65.6 Å². The maximum absolute atomic E-state index is 13.2. The molecule has 30 heavy (non-hydrogen) atoms. The highest BCUT2D eigenvalue weighted by Crippen LogP contribution is 2.44. The third-order valence-corrected chi connectivity index (χ3v) is 6.65. The molecule has 0 radical (unpaired) electrons. The van der Waals surface area contributed by atoms with Gasteiger partial charge < -0.3 is 5.11 Å². The second kappa shape index (κ2) is 7.92. The molecule has 1 atom stereocenters. The molecule has 1 unspecified atom stereocenters. The van der Waals surface area contributed by atoms with Crippen LogP contribution in [0.3, 0.4) is 0 Å². The minimum Gasteiger partial charge on any atom is -0.507 e. The van der Waals surface area contributed by atoms with E-state index in [1.807, 2.05) is 61.7 Å². The lowest BCUT2D eigenvalue weighted by Crippen LogP contribution is -2.29. The molecule has 1 aromatic heterocycles. The average molecular weight is 418 g/mol. The van der Waals surface area contributed by atoms with Crippen LogP contribution in [0.5, 0.6) is 0 Å². The monoisotopic (exact) mass is 417 g/mol. The van der Waals surface area contributed by atoms with Crippen molar-refractivity contribution in [1.29, 1.82) is 0 Å². The quantitative estimate of drug-likeness (QED) is 0.344. The molecule has 0 bridgehead atoms. The number of rotatable bonds is 4. The highest BCUT2D eigenvalue weighted by molar-refractivity contribution is 7.10. The van der Waals surface area contributed by atoms with Gasteiger partial charge in [-0.2, -0.15) is 0 Å². The number of carbonyl (C=O) groups is 2. The zero-order valence-electron chi connectivity index (χ0n) is 17.2. The zero-order valence-corrected chi connectivity index (χ0v) is 18.0. The third kappa shape index (κ3) is 3.25. The van der Waals surface area contributed by atoms with E-state index < -0.39 is 17.7 Å². The number of carbonyl (C=O) groups excluding carboxylic acids is 2. The molecule has 1 aliphatic rings. The number of aliphatic hydroxyl groups is 1. The maximum atomic E-state index is 13.2. The molecule has 1 aliphatic heterocycles. The van der Waals surface area contributed by atoms with Crippen molar-refractivity contribution in [2.24, 2.45) is 0 Å². The van der Waals surface area contributed by atoms with E-state index in [9.17, 15) is 14.7 Å². The Morgan fingerprint density at radius 3 is 2.40 bits per heavy atom. The normalized spacial score (nSPS) is 18.2. The van der Waals surface area contributed by atoms with Crippen molar-refractivity contribution >= 4 is 34.5 Å². The number of hydrogen-bond donors (Lipinski definition) is 1. The third-order valence-electron chi connectivity index (χ3n) is 5.73. The standard InChI is InChI=1S/C25H23NO3S/c1-4-17-10-12-18(13-11-17)23(27)21-22(20-9-6-14-30-20)26(25(29)24(21)28)19-8-5-7-15(2)16(19)3/h5-14,22,27H,4H2,1-3H3/b23-21-. The summed E-state index contributed by atoms with van der Waals surface area (Å²) in [5.74, 6) is -1.41. The van der Waals surface area contributed by atoms with Gasteiger partial charge in [-0.25, -0.2) is 0 Å². The number of nitrogens with zero attached hydrogens (tertiary/aromatic N) is 1. The lowest BCUT2D eigenvalue weighted by atomic mass is 9.98. The summed E-state index contributed by atoms with van der Waals surface area (Å²) in [6.45, 7) is 5.98. The number of ketones is 1. The van der Waals surface area contributed by atoms with E-state index in [0.29, 0.717) is 11.3 Å². The number of amides is 1. The van der Waals surface area contributed by atoms with Gasteiger partial charge >= 0.3 is 0 Å². The van der Waals surface area contributed by atoms with Gasteiger partial charge in [-0.3, -0.25) is 14.5 Å². The molecule has 0 spiro atoms. The molecule has 1 amide bonds. The van der Waals surface area contributed by atoms with Crippen LogP contribution in [0.4, 0.5) is 5.69 Å². The highest BCUT2D eigenvalue weighted by atomic mass is 32.1. The van der Waals surface area contributed by atoms with Gasteiger partial charge in [-0.1, -0.05) is 49.4 Å². The van der Waals surface area contributed by atoms with E-state index in [1.54, 1.807) is 12.1 Å². The molecule has 2 heterocycles. The Kier molecular flexibility index (Phi) is 5.31. The van der Waals surface area contributed by atoms with E-state index in [0.717, 1.165) is 28.0 Å². The summed E-state index contributed by atoms with van der Waals surface area (Å²) in [7, 11) is 0. The zero-order chi connectivity index (χ0) is 21.4. The van der Waals surface area contributed by atoms with Gasteiger partial charge in [-0.15, -0.1) is 11.3 Å². The number of benzene rings is 2. The predicted octanol–water partition coefficient (Wildman–Crippen LogP) is 5.55. The molecule has 1 fully saturated rings. The smallest absolute Gasteiger partial charge is 0.300 e. The first-order chi connectivity index (χ1) is 14.4. The van der Waals surface area contributed by atoms with Crippen LogP contribution < -0.4 is 4.90 Å². The molecule has 2 aromatic carbocycles. The van der Waals surface area contributed by atoms with Crippen LogP contribution in [0.1, 0.15) is 40.1 Å². The number of aryl methyl sites for hydroxylation is 2. The van der Waals surface area contributed by atoms with Gasteiger partial charge in [0.25, 0.3) is 11.7 Å². The van der Waals surface area contributed by atoms with Crippen LogP contribution in [-0.2, 0) is 16.0 Å². The molecule has 152 valence electrons. The Morgan fingerprint density at radius 2 is 1.77 bits per heavy atom. The Balaban J connectivity index is 1.93. The first kappa shape index (κ1) is 20.1. The minimum atomic E-state index is -0.661. The molecule has 0 aliphatic carbocycles. The number of hydrogen-bond acceptors (Lipinski definition) is 4. The molecule has 4 nitrogen and oxygen atoms in total. The molecule has 1 N–H and O–H groups in total. The fourth-order valence-electron chi connectivity index (χ4n) is 3.85. The summed E-state index contributed by atoms with van der Waals surface area (Å²) in [6, 6.07) is 16.3. The molecule has 1 saturated heterocycles. The van der Waals surface area contributed by atoms with E-state index in [1.165, 1.54) is 16.2 Å². The lowest BCUT2D eigenvalue weighted by molar-refractivity contribution is -0.132. The van der Waals surface area contributed by atoms with Crippen molar-refractivity contribution in [2.45, 2.75) is 33.2 Å². The van der Waals surface area contributed by atoms with Crippen molar-refractivity contribution in [1.82, 2.24) is 0 Å². The Hall–Kier alpha value is -3.18. The number of Topliss-reactive ketones (excluding diaryl/α,β-unsaturated/α-hetero) is 1. The largest absolute Gasteiger partial charge is 0.507 e. The van der Waals surface area contributed by atoms with Gasteiger partial charge in [-0.05, 0) is 54.5 Å². The number of thiophene rings is 1. The average Bonchev–Trinajstić information content (AvgIpc) is 3.37. The molecular formula is C25H23NO3S. The molecule has 5 heteroatoms. The van der Waals surface area contributed by atoms with E-state index in [2.05, 4.69) is 6.92 Å². The number of aliphatic hydroxyl groups excluding tert-OH is 1. The summed E-state index contributed by atoms with van der Waals surface area (Å²) in [6.07, 6.45) is 0.882. The van der Waals surface area contributed by atoms with Crippen LogP contribution in [-0.4, -0.2) is 16.8 Å². The van der Waals surface area contributed by atoms with Crippen LogP contribution in [0.25, 0.3) is 5.76 Å². The SMILES string of the molecule is CCc1ccc(/C(O)=C2/C(=O)C(=O)N(c3cccc(C)c3C)C2c2cccs2)cc1. The van der Waals surface area contributed by atoms with E-state index in [-0.39, 0.29) is 11.3 Å². The predicted molar refractivity (Wildman–Crippen MR) is 121 cm³/mol. The number of anilines is 1. The summed E-state index contributed by atoms with van der Waals surface area (Å²) in [4.78, 5) is 28.6. The summed E-state index contributed by atoms with van der Waals surface area (Å²) in [5.41, 5.74) is 4.47. The topological polar surface area (TPSA) is 57.6 Å². The fourth-order valence-corrected chi connectivity index (χ4v) is 4.67. The van der Waals surface area contributed by atoms with Gasteiger partial charge in [0, 0.05) is 16.1 Å². The fraction of sp³-hybridized carbons (Fsp3) is 0.200. The van der Waals surface area contributed by atoms with Crippen molar-refractivity contribution in [3.63, 3.8) is 0 Å². The Morgan fingerprint density at radius 1 is 1.03 bits per heavy atom. The van der Waals surface area contributed by atoms with Crippen molar-refractivity contribution < 1.29 is 14.7 Å². The second-order valence-corrected chi connectivity index (χ2v) is 8.43. The van der Waals surface area contributed by atoms with Crippen LogP contribution in [0.2, 0.25) is 0 Å². The van der Waals surface area contributed by atoms with Gasteiger partial charge in [0.1, 0.15) is 11.8 Å². The lowest BCUT2D eigenvalue weighted by Gasteiger charge is -2.26. The van der Waals surface area contributed by atoms with Crippen molar-refractivity contribution in [3.05, 3.63) is 92.7 Å². The van der Waals surface area contributed by atoms with Gasteiger partial charge in [0.2, 0.25) is 0 Å². The summed E-state index contributed by atoms with van der Waals surface area (Å²) < 4.78 is 0. The Bertz CT molecular complexity index is 1140. The summed E-state index contributed by atoms with van der Waals surface area (Å²) in [5, 5.41) is 13.0. The van der Waals surface area contributed by atoms with E-state index in [4.69, 9.17) is 0 Å². The van der Waals surface area contributed by atoms with E-state index >= 15 is 0 Å². The second-order valence-electron chi connectivity index (χ2n) is 7.45. The molecule has 4 rings (SSSR count).